The highest BCUT2D eigenvalue weighted by molar-refractivity contribution is 6.32. The first-order valence-corrected chi connectivity index (χ1v) is 5.72. The molecule has 0 aromatic heterocycles. The quantitative estimate of drug-likeness (QED) is 0.639. The first-order chi connectivity index (χ1) is 8.97. The minimum Gasteiger partial charge on any atom is -0.495 e. The number of methoxy groups -OCH3 is 2. The highest BCUT2D eigenvalue weighted by atomic mass is 35.5. The molecule has 7 heteroatoms. The summed E-state index contributed by atoms with van der Waals surface area (Å²) in [5, 5.41) is 0.327. The summed E-state index contributed by atoms with van der Waals surface area (Å²) in [7, 11) is 2.92. The molecule has 0 bridgehead atoms. The highest BCUT2D eigenvalue weighted by Crippen LogP contribution is 2.35. The third-order valence-corrected chi connectivity index (χ3v) is 2.44. The number of Topliss-reactive ketones (excluding diaryl/α,β-unsaturated/α-hetero) is 1. The van der Waals surface area contributed by atoms with Gasteiger partial charge in [-0.2, -0.15) is 0 Å². The highest BCUT2D eigenvalue weighted by Gasteiger charge is 2.12. The van der Waals surface area contributed by atoms with Crippen LogP contribution in [0.25, 0.3) is 0 Å². The van der Waals surface area contributed by atoms with Crippen molar-refractivity contribution in [1.29, 1.82) is 0 Å². The largest absolute Gasteiger partial charge is 0.495 e. The van der Waals surface area contributed by atoms with Crippen molar-refractivity contribution in [2.45, 2.75) is 13.3 Å². The Morgan fingerprint density at radius 2 is 1.84 bits per heavy atom. The van der Waals surface area contributed by atoms with Crippen LogP contribution in [0.2, 0.25) is 5.02 Å². The maximum absolute atomic E-state index is 11.2. The number of rotatable bonds is 6. The number of anilines is 1. The fraction of sp³-hybridized carbons (Fsp3) is 0.333. The van der Waals surface area contributed by atoms with Crippen LogP contribution in [0.1, 0.15) is 13.3 Å². The Hall–Kier alpha value is -1.95. The molecule has 0 saturated carbocycles. The molecule has 0 heterocycles. The molecule has 0 radical (unpaired) electrons. The Labute approximate surface area is 115 Å². The topological polar surface area (TPSA) is 73.9 Å². The van der Waals surface area contributed by atoms with Crippen LogP contribution in [0.15, 0.2) is 12.1 Å². The normalized spacial score (nSPS) is 9.68. The Kier molecular flexibility index (Phi) is 5.44. The van der Waals surface area contributed by atoms with E-state index in [1.807, 2.05) is 0 Å². The average molecular weight is 288 g/mol. The molecule has 1 aromatic carbocycles. The Morgan fingerprint density at radius 1 is 1.21 bits per heavy atom. The van der Waals surface area contributed by atoms with E-state index in [4.69, 9.17) is 25.9 Å². The van der Waals surface area contributed by atoms with Gasteiger partial charge < -0.3 is 14.3 Å². The molecular weight excluding hydrogens is 274 g/mol. The molecule has 104 valence electrons. The zero-order valence-electron chi connectivity index (χ0n) is 10.8. The van der Waals surface area contributed by atoms with Crippen molar-refractivity contribution >= 4 is 29.0 Å². The predicted molar refractivity (Wildman–Crippen MR) is 69.6 cm³/mol. The monoisotopic (exact) mass is 287 g/mol. The van der Waals surface area contributed by atoms with Crippen molar-refractivity contribution in [3.63, 3.8) is 0 Å². The molecule has 1 aromatic rings. The summed E-state index contributed by atoms with van der Waals surface area (Å²) in [6, 6.07) is 3.03. The first kappa shape index (κ1) is 15.1. The lowest BCUT2D eigenvalue weighted by Gasteiger charge is -2.13. The smallest absolute Gasteiger partial charge is 0.339 e. The minimum absolute atomic E-state index is 0.286. The van der Waals surface area contributed by atoms with Gasteiger partial charge >= 0.3 is 5.97 Å². The standard InChI is InChI=1S/C12H14ClNO5/c1-7(15)4-12(16)19-14-9-5-8(13)10(17-2)6-11(9)18-3/h5-6,14H,4H2,1-3H3. The second kappa shape index (κ2) is 6.84. The van der Waals surface area contributed by atoms with Crippen molar-refractivity contribution in [2.24, 2.45) is 0 Å². The van der Waals surface area contributed by atoms with Crippen LogP contribution in [0.5, 0.6) is 11.5 Å². The van der Waals surface area contributed by atoms with Crippen LogP contribution in [0.3, 0.4) is 0 Å². The number of nitrogens with one attached hydrogen (secondary N) is 1. The summed E-state index contributed by atoms with van der Waals surface area (Å²) < 4.78 is 10.1. The van der Waals surface area contributed by atoms with E-state index in [9.17, 15) is 9.59 Å². The fourth-order valence-corrected chi connectivity index (χ4v) is 1.53. The van der Waals surface area contributed by atoms with Gasteiger partial charge in [-0.25, -0.2) is 10.3 Å². The van der Waals surface area contributed by atoms with Crippen LogP contribution < -0.4 is 15.0 Å². The Bertz CT molecular complexity index is 489. The maximum atomic E-state index is 11.2. The van der Waals surface area contributed by atoms with Crippen LogP contribution in [-0.2, 0) is 14.4 Å². The van der Waals surface area contributed by atoms with Gasteiger partial charge in [-0.05, 0) is 13.0 Å². The van der Waals surface area contributed by atoms with E-state index in [1.54, 1.807) is 6.07 Å². The number of hydrogen-bond donors (Lipinski definition) is 1. The summed E-state index contributed by atoms with van der Waals surface area (Å²) in [6.45, 7) is 1.30. The lowest BCUT2D eigenvalue weighted by atomic mass is 10.3. The number of carbonyl (C=O) groups excluding carboxylic acids is 2. The van der Waals surface area contributed by atoms with E-state index < -0.39 is 5.97 Å². The molecule has 1 rings (SSSR count). The number of hydrogen-bond acceptors (Lipinski definition) is 6. The van der Waals surface area contributed by atoms with Gasteiger partial charge in [-0.15, -0.1) is 0 Å². The molecule has 0 amide bonds. The Balaban J connectivity index is 2.80. The summed E-state index contributed by atoms with van der Waals surface area (Å²) in [4.78, 5) is 26.7. The van der Waals surface area contributed by atoms with E-state index in [-0.39, 0.29) is 12.2 Å². The van der Waals surface area contributed by atoms with E-state index in [0.29, 0.717) is 22.2 Å². The van der Waals surface area contributed by atoms with Gasteiger partial charge in [0.15, 0.2) is 0 Å². The zero-order chi connectivity index (χ0) is 14.4. The molecule has 0 aliphatic rings. The number of benzene rings is 1. The first-order valence-electron chi connectivity index (χ1n) is 5.34. The van der Waals surface area contributed by atoms with E-state index in [2.05, 4.69) is 5.48 Å². The van der Waals surface area contributed by atoms with Gasteiger partial charge in [0.2, 0.25) is 0 Å². The maximum Gasteiger partial charge on any atom is 0.339 e. The Morgan fingerprint density at radius 3 is 2.37 bits per heavy atom. The number of ketones is 1. The second-order valence-electron chi connectivity index (χ2n) is 3.64. The summed E-state index contributed by atoms with van der Waals surface area (Å²) in [5.41, 5.74) is 2.75. The van der Waals surface area contributed by atoms with E-state index in [0.717, 1.165) is 0 Å². The molecule has 0 unspecified atom stereocenters. The van der Waals surface area contributed by atoms with Crippen molar-refractivity contribution < 1.29 is 23.9 Å². The van der Waals surface area contributed by atoms with Gasteiger partial charge in [-0.1, -0.05) is 11.6 Å². The van der Waals surface area contributed by atoms with Crippen LogP contribution in [-0.4, -0.2) is 26.0 Å². The van der Waals surface area contributed by atoms with E-state index >= 15 is 0 Å². The second-order valence-corrected chi connectivity index (χ2v) is 4.05. The minimum atomic E-state index is -0.693. The molecule has 0 aliphatic carbocycles. The fourth-order valence-electron chi connectivity index (χ4n) is 1.29. The van der Waals surface area contributed by atoms with Gasteiger partial charge in [0, 0.05) is 6.07 Å². The van der Waals surface area contributed by atoms with Gasteiger partial charge in [0.1, 0.15) is 29.4 Å². The van der Waals surface area contributed by atoms with Gasteiger partial charge in [0.25, 0.3) is 0 Å². The van der Waals surface area contributed by atoms with Crippen LogP contribution >= 0.6 is 11.6 Å². The summed E-state index contributed by atoms with van der Waals surface area (Å²) in [6.07, 6.45) is -0.306. The molecule has 0 spiro atoms. The lowest BCUT2D eigenvalue weighted by Crippen LogP contribution is -2.13. The molecule has 0 aliphatic heterocycles. The molecule has 0 fully saturated rings. The van der Waals surface area contributed by atoms with Crippen LogP contribution in [0, 0.1) is 0 Å². The SMILES string of the molecule is COc1cc(OC)c(NOC(=O)CC(C)=O)cc1Cl. The van der Waals surface area contributed by atoms with Crippen molar-refractivity contribution in [3.05, 3.63) is 17.2 Å². The van der Waals surface area contributed by atoms with Crippen molar-refractivity contribution in [2.75, 3.05) is 19.7 Å². The van der Waals surface area contributed by atoms with Crippen molar-refractivity contribution in [1.82, 2.24) is 0 Å². The third kappa shape index (κ3) is 4.33. The lowest BCUT2D eigenvalue weighted by molar-refractivity contribution is -0.143. The van der Waals surface area contributed by atoms with Gasteiger partial charge in [0.05, 0.1) is 19.2 Å². The number of carbonyl (C=O) groups is 2. The van der Waals surface area contributed by atoms with E-state index in [1.165, 1.54) is 27.2 Å². The van der Waals surface area contributed by atoms with Crippen molar-refractivity contribution in [3.8, 4) is 11.5 Å². The molecule has 1 N–H and O–H groups in total. The average Bonchev–Trinajstić information content (AvgIpc) is 2.35. The van der Waals surface area contributed by atoms with Crippen LogP contribution in [0.4, 0.5) is 5.69 Å². The molecule has 0 atom stereocenters. The number of ether oxygens (including phenoxy) is 2. The zero-order valence-corrected chi connectivity index (χ0v) is 11.5. The molecule has 0 saturated heterocycles. The number of halogens is 1. The van der Waals surface area contributed by atoms with Gasteiger partial charge in [-0.3, -0.25) is 4.79 Å². The molecule has 6 nitrogen and oxygen atoms in total. The predicted octanol–water partition coefficient (Wildman–Crippen LogP) is 2.21. The summed E-state index contributed by atoms with van der Waals surface area (Å²) >= 11 is 5.94. The third-order valence-electron chi connectivity index (χ3n) is 2.14. The molecule has 19 heavy (non-hydrogen) atoms. The summed E-state index contributed by atoms with van der Waals surface area (Å²) in [5.74, 6) is -0.163. The molecular formula is C12H14ClNO5.